The molecule has 1 aliphatic rings. The first-order chi connectivity index (χ1) is 16.4. The molecule has 10 heteroatoms. The van der Waals surface area contributed by atoms with Gasteiger partial charge >= 0.3 is 6.09 Å². The maximum Gasteiger partial charge on any atom is 0.411 e. The largest absolute Gasteiger partial charge is 0.449 e. The van der Waals surface area contributed by atoms with Crippen LogP contribution in [0.2, 0.25) is 10.0 Å². The molecule has 0 aliphatic carbocycles. The fraction of sp³-hybridized carbons (Fsp3) is 0.240. The minimum Gasteiger partial charge on any atom is -0.449 e. The second-order valence-corrected chi connectivity index (χ2v) is 8.90. The summed E-state index contributed by atoms with van der Waals surface area (Å²) in [7, 11) is 0. The molecule has 184 valence electrons. The third kappa shape index (κ3) is 6.57. The molecule has 0 bridgehead atoms. The van der Waals surface area contributed by atoms with Crippen LogP contribution in [0.25, 0.3) is 0 Å². The Labute approximate surface area is 220 Å². The number of hydrogen-bond donors (Lipinski definition) is 2. The molecule has 1 amide bonds. The smallest absolute Gasteiger partial charge is 0.411 e. The van der Waals surface area contributed by atoms with Gasteiger partial charge in [-0.05, 0) is 61.2 Å². The number of anilines is 3. The molecule has 0 atom stereocenters. The number of hydrogen-bond acceptors (Lipinski definition) is 6. The van der Waals surface area contributed by atoms with Crippen LogP contribution in [0.15, 0.2) is 60.9 Å². The topological polar surface area (TPSA) is 97.5 Å². The fourth-order valence-corrected chi connectivity index (χ4v) is 4.23. The second kappa shape index (κ2) is 12.1. The summed E-state index contributed by atoms with van der Waals surface area (Å²) in [5.74, 6) is -0.0843. The van der Waals surface area contributed by atoms with Crippen molar-refractivity contribution < 1.29 is 14.3 Å². The van der Waals surface area contributed by atoms with Gasteiger partial charge in [0, 0.05) is 42.3 Å². The Morgan fingerprint density at radius 3 is 2.46 bits per heavy atom. The number of nitrogens with one attached hydrogen (secondary N) is 1. The van der Waals surface area contributed by atoms with E-state index in [1.807, 2.05) is 12.1 Å². The van der Waals surface area contributed by atoms with E-state index in [1.54, 1.807) is 42.7 Å². The number of nitrogens with zero attached hydrogens (tertiary/aromatic N) is 2. The third-order valence-electron chi connectivity index (χ3n) is 5.84. The number of para-hydroxylation sites is 1. The Hall–Kier alpha value is -3.00. The molecule has 3 N–H and O–H groups in total. The minimum absolute atomic E-state index is 0. The van der Waals surface area contributed by atoms with E-state index in [0.29, 0.717) is 17.2 Å². The number of nitrogen functional groups attached to an aromatic ring is 1. The van der Waals surface area contributed by atoms with Crippen molar-refractivity contribution in [2.24, 2.45) is 5.92 Å². The molecule has 1 fully saturated rings. The summed E-state index contributed by atoms with van der Waals surface area (Å²) in [5, 5.41) is 3.26. The number of rotatable bonds is 6. The van der Waals surface area contributed by atoms with E-state index in [4.69, 9.17) is 33.7 Å². The zero-order valence-corrected chi connectivity index (χ0v) is 21.1. The van der Waals surface area contributed by atoms with Crippen molar-refractivity contribution in [1.29, 1.82) is 0 Å². The normalized spacial score (nSPS) is 13.6. The van der Waals surface area contributed by atoms with Crippen LogP contribution in [0.1, 0.15) is 28.8 Å². The fourth-order valence-electron chi connectivity index (χ4n) is 3.94. The van der Waals surface area contributed by atoms with E-state index >= 15 is 0 Å². The SMILES string of the molecule is Cl.Nc1cccc(C(=O)c2ccc(Cl)c(Cl)c2)c1NC(=O)OCC1CCN(c2ccncc2)CC1. The molecule has 0 unspecified atom stereocenters. The van der Waals surface area contributed by atoms with E-state index in [-0.39, 0.29) is 46.1 Å². The molecule has 2 aromatic carbocycles. The van der Waals surface area contributed by atoms with Gasteiger partial charge in [-0.15, -0.1) is 12.4 Å². The lowest BCUT2D eigenvalue weighted by Crippen LogP contribution is -2.35. The first-order valence-corrected chi connectivity index (χ1v) is 11.6. The van der Waals surface area contributed by atoms with Crippen LogP contribution in [-0.2, 0) is 4.74 Å². The lowest BCUT2D eigenvalue weighted by atomic mass is 9.97. The number of halogens is 3. The van der Waals surface area contributed by atoms with Crippen molar-refractivity contribution in [3.63, 3.8) is 0 Å². The van der Waals surface area contributed by atoms with Crippen LogP contribution in [0.4, 0.5) is 21.9 Å². The summed E-state index contributed by atoms with van der Waals surface area (Å²) in [6.45, 7) is 2.06. The van der Waals surface area contributed by atoms with Gasteiger partial charge in [0.25, 0.3) is 0 Å². The molecule has 0 radical (unpaired) electrons. The maximum atomic E-state index is 13.1. The number of ketones is 1. The van der Waals surface area contributed by atoms with Crippen LogP contribution in [0, 0.1) is 5.92 Å². The Morgan fingerprint density at radius 2 is 1.77 bits per heavy atom. The van der Waals surface area contributed by atoms with Crippen molar-refractivity contribution in [3.05, 3.63) is 82.1 Å². The highest BCUT2D eigenvalue weighted by atomic mass is 35.5. The Morgan fingerprint density at radius 1 is 1.06 bits per heavy atom. The van der Waals surface area contributed by atoms with E-state index in [1.165, 1.54) is 6.07 Å². The first-order valence-electron chi connectivity index (χ1n) is 10.9. The monoisotopic (exact) mass is 534 g/mol. The van der Waals surface area contributed by atoms with Gasteiger partial charge in [-0.2, -0.15) is 0 Å². The van der Waals surface area contributed by atoms with Crippen molar-refractivity contribution in [1.82, 2.24) is 4.98 Å². The van der Waals surface area contributed by atoms with Crippen LogP contribution < -0.4 is 16.0 Å². The average molecular weight is 536 g/mol. The Bertz CT molecular complexity index is 1190. The molecule has 7 nitrogen and oxygen atoms in total. The number of piperidine rings is 1. The molecule has 1 aromatic heterocycles. The molecule has 4 rings (SSSR count). The molecular formula is C25H25Cl3N4O3. The number of ether oxygens (including phenoxy) is 1. The number of amides is 1. The number of benzene rings is 2. The maximum absolute atomic E-state index is 13.1. The summed E-state index contributed by atoms with van der Waals surface area (Å²) >= 11 is 12.0. The molecule has 0 spiro atoms. The van der Waals surface area contributed by atoms with Gasteiger partial charge < -0.3 is 15.4 Å². The predicted octanol–water partition coefficient (Wildman–Crippen LogP) is 6.09. The highest BCUT2D eigenvalue weighted by Crippen LogP contribution is 2.29. The van der Waals surface area contributed by atoms with Crippen molar-refractivity contribution in [2.75, 3.05) is 35.6 Å². The van der Waals surface area contributed by atoms with Gasteiger partial charge in [-0.3, -0.25) is 15.1 Å². The molecule has 1 saturated heterocycles. The number of nitrogens with two attached hydrogens (primary N) is 1. The lowest BCUT2D eigenvalue weighted by molar-refractivity contribution is 0.103. The van der Waals surface area contributed by atoms with E-state index in [2.05, 4.69) is 15.2 Å². The predicted molar refractivity (Wildman–Crippen MR) is 142 cm³/mol. The van der Waals surface area contributed by atoms with Gasteiger partial charge in [0.05, 0.1) is 28.0 Å². The number of carbonyl (C=O) groups excluding carboxylic acids is 2. The van der Waals surface area contributed by atoms with Gasteiger partial charge in [0.2, 0.25) is 0 Å². The molecule has 35 heavy (non-hydrogen) atoms. The third-order valence-corrected chi connectivity index (χ3v) is 6.58. The number of pyridine rings is 1. The van der Waals surface area contributed by atoms with Gasteiger partial charge in [0.15, 0.2) is 5.78 Å². The molecular weight excluding hydrogens is 511 g/mol. The van der Waals surface area contributed by atoms with Gasteiger partial charge in [-0.25, -0.2) is 4.79 Å². The summed E-state index contributed by atoms with van der Waals surface area (Å²) in [4.78, 5) is 32.0. The van der Waals surface area contributed by atoms with E-state index in [9.17, 15) is 9.59 Å². The number of carbonyl (C=O) groups is 2. The Balaban J connectivity index is 0.00000342. The second-order valence-electron chi connectivity index (χ2n) is 8.09. The highest BCUT2D eigenvalue weighted by Gasteiger charge is 2.22. The highest BCUT2D eigenvalue weighted by molar-refractivity contribution is 6.42. The quantitative estimate of drug-likeness (QED) is 0.293. The van der Waals surface area contributed by atoms with Crippen molar-refractivity contribution >= 4 is 64.5 Å². The summed E-state index contributed by atoms with van der Waals surface area (Å²) in [6, 6.07) is 13.4. The van der Waals surface area contributed by atoms with Gasteiger partial charge in [-0.1, -0.05) is 29.3 Å². The van der Waals surface area contributed by atoms with Crippen LogP contribution in [-0.4, -0.2) is 36.6 Å². The van der Waals surface area contributed by atoms with Gasteiger partial charge in [0.1, 0.15) is 0 Å². The molecule has 3 aromatic rings. The van der Waals surface area contributed by atoms with E-state index < -0.39 is 6.09 Å². The summed E-state index contributed by atoms with van der Waals surface area (Å²) in [5.41, 5.74) is 8.24. The minimum atomic E-state index is -0.655. The molecule has 0 saturated carbocycles. The van der Waals surface area contributed by atoms with Crippen molar-refractivity contribution in [2.45, 2.75) is 12.8 Å². The molecule has 1 aliphatic heterocycles. The first kappa shape index (κ1) is 26.6. The lowest BCUT2D eigenvalue weighted by Gasteiger charge is -2.33. The summed E-state index contributed by atoms with van der Waals surface area (Å²) < 4.78 is 5.47. The van der Waals surface area contributed by atoms with Crippen LogP contribution >= 0.6 is 35.6 Å². The average Bonchev–Trinajstić information content (AvgIpc) is 2.86. The number of aromatic nitrogens is 1. The van der Waals surface area contributed by atoms with E-state index in [0.717, 1.165) is 31.6 Å². The van der Waals surface area contributed by atoms with Crippen molar-refractivity contribution in [3.8, 4) is 0 Å². The summed E-state index contributed by atoms with van der Waals surface area (Å²) in [6.07, 6.45) is 4.72. The zero-order valence-electron chi connectivity index (χ0n) is 18.7. The standard InChI is InChI=1S/C25H24Cl2N4O3.ClH/c26-20-5-4-17(14-21(20)27)24(32)19-2-1-3-22(28)23(19)30-25(33)34-15-16-8-12-31(13-9-16)18-6-10-29-11-7-18;/h1-7,10-11,14,16H,8-9,12-13,15,28H2,(H,30,33);1H. The van der Waals surface area contributed by atoms with Crippen LogP contribution in [0.3, 0.4) is 0 Å². The Kier molecular flexibility index (Phi) is 9.20. The van der Waals surface area contributed by atoms with Crippen LogP contribution in [0.5, 0.6) is 0 Å². The zero-order chi connectivity index (χ0) is 24.1. The molecule has 2 heterocycles.